The third-order valence-electron chi connectivity index (χ3n) is 3.21. The fraction of sp³-hybridized carbons (Fsp3) is 0.308. The first-order chi connectivity index (χ1) is 11.3. The molecular formula is C13H7BrF7IN2S. The predicted octanol–water partition coefficient (Wildman–Crippen LogP) is 6.25. The quantitative estimate of drug-likeness (QED) is 0.250. The van der Waals surface area contributed by atoms with Gasteiger partial charge in [0.2, 0.25) is 0 Å². The molecule has 1 aromatic heterocycles. The summed E-state index contributed by atoms with van der Waals surface area (Å²) in [7, 11) is 0. The van der Waals surface area contributed by atoms with Crippen molar-refractivity contribution in [3.63, 3.8) is 0 Å². The summed E-state index contributed by atoms with van der Waals surface area (Å²) < 4.78 is 93.8. The summed E-state index contributed by atoms with van der Waals surface area (Å²) in [6, 6.07) is 1.02. The minimum absolute atomic E-state index is 0.000556. The van der Waals surface area contributed by atoms with Gasteiger partial charge in [-0.3, -0.25) is 0 Å². The third kappa shape index (κ3) is 3.66. The lowest BCUT2D eigenvalue weighted by atomic mass is 9.94. The molecule has 0 saturated carbocycles. The molecular weight excluding hydrogens is 556 g/mol. The van der Waals surface area contributed by atoms with Gasteiger partial charge < -0.3 is 0 Å². The Hall–Kier alpha value is -0.500. The van der Waals surface area contributed by atoms with Crippen molar-refractivity contribution in [1.82, 2.24) is 9.78 Å². The first-order valence-corrected chi connectivity index (χ1v) is 9.33. The van der Waals surface area contributed by atoms with Gasteiger partial charge in [-0.1, -0.05) is 0 Å². The first kappa shape index (κ1) is 20.8. The zero-order valence-corrected chi connectivity index (χ0v) is 16.6. The zero-order valence-electron chi connectivity index (χ0n) is 12.0. The average Bonchev–Trinajstić information content (AvgIpc) is 2.89. The maximum absolute atomic E-state index is 14.3. The Labute approximate surface area is 163 Å². The second-order valence-corrected chi connectivity index (χ2v) is 7.71. The van der Waals surface area contributed by atoms with E-state index in [1.165, 1.54) is 23.3 Å². The number of halogens is 9. The molecule has 0 fully saturated rings. The molecule has 0 aliphatic heterocycles. The lowest BCUT2D eigenvalue weighted by molar-refractivity contribution is -0.348. The summed E-state index contributed by atoms with van der Waals surface area (Å²) in [5, 5.41) is 3.97. The van der Waals surface area contributed by atoms with E-state index in [9.17, 15) is 30.7 Å². The van der Waals surface area contributed by atoms with E-state index in [1.807, 2.05) is 22.6 Å². The Balaban J connectivity index is 2.75. The van der Waals surface area contributed by atoms with Gasteiger partial charge in [0.15, 0.2) is 0 Å². The van der Waals surface area contributed by atoms with Crippen molar-refractivity contribution >= 4 is 50.3 Å². The number of alkyl halides is 7. The molecule has 0 spiro atoms. The Morgan fingerprint density at radius 2 is 1.64 bits per heavy atom. The van der Waals surface area contributed by atoms with Crippen LogP contribution in [0, 0.1) is 3.57 Å². The molecule has 2 aromatic rings. The largest absolute Gasteiger partial charge is 0.435 e. The Morgan fingerprint density at radius 3 is 2.04 bits per heavy atom. The summed E-state index contributed by atoms with van der Waals surface area (Å²) >= 11 is 5.74. The van der Waals surface area contributed by atoms with Crippen molar-refractivity contribution in [3.05, 3.63) is 38.1 Å². The highest BCUT2D eigenvalue weighted by Gasteiger charge is 2.73. The third-order valence-corrected chi connectivity index (χ3v) is 5.12. The van der Waals surface area contributed by atoms with Crippen LogP contribution < -0.4 is 0 Å². The second kappa shape index (κ2) is 6.91. The summed E-state index contributed by atoms with van der Waals surface area (Å²) in [6.45, 7) is 0. The molecule has 12 heteroatoms. The van der Waals surface area contributed by atoms with Crippen molar-refractivity contribution in [2.24, 2.45) is 0 Å². The minimum Gasteiger partial charge on any atom is -0.238 e. The summed E-state index contributed by atoms with van der Waals surface area (Å²) in [6.07, 6.45) is -7.90. The van der Waals surface area contributed by atoms with Crippen LogP contribution in [-0.4, -0.2) is 28.4 Å². The van der Waals surface area contributed by atoms with Crippen LogP contribution in [0.5, 0.6) is 0 Å². The Bertz CT molecular complexity index is 774. The van der Waals surface area contributed by atoms with Crippen LogP contribution in [0.2, 0.25) is 0 Å². The SMILES string of the molecule is CSc1cc(C(F)(C(F)(F)F)C(F)(F)F)cc(Br)c1-n1cc(I)cn1. The van der Waals surface area contributed by atoms with E-state index < -0.39 is 23.6 Å². The van der Waals surface area contributed by atoms with Crippen LogP contribution in [0.25, 0.3) is 5.69 Å². The molecule has 1 aromatic carbocycles. The van der Waals surface area contributed by atoms with Crippen LogP contribution >= 0.6 is 50.3 Å². The number of rotatable bonds is 3. The average molecular weight is 563 g/mol. The maximum Gasteiger partial charge on any atom is 0.435 e. The van der Waals surface area contributed by atoms with Gasteiger partial charge in [0.05, 0.1) is 15.5 Å². The van der Waals surface area contributed by atoms with Gasteiger partial charge in [0, 0.05) is 21.1 Å². The lowest BCUT2D eigenvalue weighted by Crippen LogP contribution is -2.50. The van der Waals surface area contributed by atoms with Crippen LogP contribution in [0.15, 0.2) is 33.9 Å². The van der Waals surface area contributed by atoms with Crippen LogP contribution in [0.4, 0.5) is 30.7 Å². The van der Waals surface area contributed by atoms with Gasteiger partial charge in [0.25, 0.3) is 0 Å². The summed E-state index contributed by atoms with van der Waals surface area (Å²) in [4.78, 5) is -0.000556. The van der Waals surface area contributed by atoms with E-state index >= 15 is 0 Å². The molecule has 0 aliphatic rings. The van der Waals surface area contributed by atoms with Gasteiger partial charge in [-0.15, -0.1) is 11.8 Å². The fourth-order valence-electron chi connectivity index (χ4n) is 2.06. The van der Waals surface area contributed by atoms with E-state index in [4.69, 9.17) is 0 Å². The van der Waals surface area contributed by atoms with Gasteiger partial charge in [0.1, 0.15) is 0 Å². The number of nitrogens with zero attached hydrogens (tertiary/aromatic N) is 2. The van der Waals surface area contributed by atoms with Crippen molar-refractivity contribution < 1.29 is 30.7 Å². The lowest BCUT2D eigenvalue weighted by Gasteiger charge is -2.31. The smallest absolute Gasteiger partial charge is 0.238 e. The number of benzene rings is 1. The second-order valence-electron chi connectivity index (χ2n) is 4.77. The van der Waals surface area contributed by atoms with E-state index in [-0.39, 0.29) is 15.1 Å². The normalized spacial score (nSPS) is 13.4. The first-order valence-electron chi connectivity index (χ1n) is 6.24. The predicted molar refractivity (Wildman–Crippen MR) is 90.7 cm³/mol. The molecule has 0 saturated heterocycles. The van der Waals surface area contributed by atoms with Crippen LogP contribution in [-0.2, 0) is 5.67 Å². The monoisotopic (exact) mass is 562 g/mol. The summed E-state index contributed by atoms with van der Waals surface area (Å²) in [5.74, 6) is 0. The highest BCUT2D eigenvalue weighted by Crippen LogP contribution is 2.54. The number of aromatic nitrogens is 2. The van der Waals surface area contributed by atoms with Crippen molar-refractivity contribution in [2.75, 3.05) is 6.26 Å². The Kier molecular flexibility index (Phi) is 5.75. The molecule has 0 N–H and O–H groups in total. The topological polar surface area (TPSA) is 17.8 Å². The van der Waals surface area contributed by atoms with E-state index in [0.29, 0.717) is 15.7 Å². The number of hydrogen-bond acceptors (Lipinski definition) is 2. The minimum atomic E-state index is -6.16. The van der Waals surface area contributed by atoms with Gasteiger partial charge in [-0.25, -0.2) is 9.07 Å². The highest BCUT2D eigenvalue weighted by atomic mass is 127. The number of hydrogen-bond donors (Lipinski definition) is 0. The maximum atomic E-state index is 14.3. The summed E-state index contributed by atoms with van der Waals surface area (Å²) in [5.41, 5.74) is -6.82. The van der Waals surface area contributed by atoms with E-state index in [1.54, 1.807) is 0 Å². The molecule has 0 radical (unpaired) electrons. The van der Waals surface area contributed by atoms with Gasteiger partial charge in [-0.2, -0.15) is 31.4 Å². The number of thioether (sulfide) groups is 1. The zero-order chi connectivity index (χ0) is 19.2. The molecule has 138 valence electrons. The van der Waals surface area contributed by atoms with Gasteiger partial charge >= 0.3 is 18.0 Å². The molecule has 25 heavy (non-hydrogen) atoms. The van der Waals surface area contributed by atoms with E-state index in [0.717, 1.165) is 11.8 Å². The fourth-order valence-corrected chi connectivity index (χ4v) is 3.86. The Morgan fingerprint density at radius 1 is 1.08 bits per heavy atom. The van der Waals surface area contributed by atoms with Crippen LogP contribution in [0.3, 0.4) is 0 Å². The standard InChI is InChI=1S/C13H7BrF7IN2S/c1-25-9-3-6(11(15,12(16,17)18)13(19,20)21)2-8(14)10(9)24-5-7(22)4-23-24/h2-5H,1H3. The molecule has 2 nitrogen and oxygen atoms in total. The molecule has 0 atom stereocenters. The van der Waals surface area contributed by atoms with Gasteiger partial charge in [-0.05, 0) is 56.9 Å². The molecule has 0 bridgehead atoms. The molecule has 0 unspecified atom stereocenters. The van der Waals surface area contributed by atoms with Crippen molar-refractivity contribution in [2.45, 2.75) is 22.9 Å². The molecule has 1 heterocycles. The van der Waals surface area contributed by atoms with Crippen LogP contribution in [0.1, 0.15) is 5.56 Å². The van der Waals surface area contributed by atoms with Crippen molar-refractivity contribution in [1.29, 1.82) is 0 Å². The molecule has 0 amide bonds. The van der Waals surface area contributed by atoms with E-state index in [2.05, 4.69) is 21.0 Å². The van der Waals surface area contributed by atoms with Crippen molar-refractivity contribution in [3.8, 4) is 5.69 Å². The molecule has 0 aliphatic carbocycles. The molecule has 2 rings (SSSR count). The highest BCUT2D eigenvalue weighted by molar-refractivity contribution is 14.1.